The lowest BCUT2D eigenvalue weighted by Gasteiger charge is -2.28. The number of hydrogen-bond acceptors (Lipinski definition) is 5. The van der Waals surface area contributed by atoms with Gasteiger partial charge in [0.1, 0.15) is 5.75 Å². The predicted molar refractivity (Wildman–Crippen MR) is 139 cm³/mol. The van der Waals surface area contributed by atoms with E-state index in [-0.39, 0.29) is 43.3 Å². The molecule has 3 aromatic carbocycles. The number of benzene rings is 3. The van der Waals surface area contributed by atoms with E-state index in [9.17, 15) is 33.3 Å². The predicted octanol–water partition coefficient (Wildman–Crippen LogP) is 4.52. The molecule has 0 aromatic heterocycles. The Morgan fingerprint density at radius 1 is 0.974 bits per heavy atom. The first-order valence-electron chi connectivity index (χ1n) is 12.3. The second kappa shape index (κ2) is 12.4. The van der Waals surface area contributed by atoms with E-state index in [0.29, 0.717) is 23.1 Å². The van der Waals surface area contributed by atoms with Crippen molar-refractivity contribution in [1.82, 2.24) is 10.6 Å². The Kier molecular flexibility index (Phi) is 9.54. The van der Waals surface area contributed by atoms with E-state index in [2.05, 4.69) is 10.6 Å². The molecule has 3 aromatic rings. The van der Waals surface area contributed by atoms with Gasteiger partial charge in [-0.25, -0.2) is 0 Å². The van der Waals surface area contributed by atoms with E-state index >= 15 is 0 Å². The van der Waals surface area contributed by atoms with Gasteiger partial charge >= 0.3 is 6.18 Å². The highest BCUT2D eigenvalue weighted by Gasteiger charge is 2.32. The van der Waals surface area contributed by atoms with E-state index < -0.39 is 23.4 Å². The molecule has 3 rings (SSSR count). The minimum absolute atomic E-state index is 0.0354. The van der Waals surface area contributed by atoms with Crippen LogP contribution in [0.3, 0.4) is 0 Å². The van der Waals surface area contributed by atoms with Crippen molar-refractivity contribution < 1.29 is 33.3 Å². The van der Waals surface area contributed by atoms with E-state index in [1.165, 1.54) is 18.2 Å². The molecule has 0 saturated carbocycles. The Morgan fingerprint density at radius 3 is 2.42 bits per heavy atom. The van der Waals surface area contributed by atoms with Crippen LogP contribution in [0.4, 0.5) is 13.2 Å². The number of carbonyl (C=O) groups excluding carboxylic acids is 1. The molecule has 38 heavy (non-hydrogen) atoms. The second-order valence-corrected chi connectivity index (χ2v) is 9.86. The summed E-state index contributed by atoms with van der Waals surface area (Å²) in [7, 11) is 0. The quantitative estimate of drug-likeness (QED) is 0.251. The number of β-amino-alcohol motifs (C(OH)–C–C–N with tert-alkyl or cyclic N) is 1. The molecule has 0 spiro atoms. The number of nitrogens with one attached hydrogen (secondary N) is 2. The van der Waals surface area contributed by atoms with Gasteiger partial charge in [-0.3, -0.25) is 4.79 Å². The monoisotopic (exact) mass is 530 g/mol. The highest BCUT2D eigenvalue weighted by Crippen LogP contribution is 2.32. The van der Waals surface area contributed by atoms with E-state index in [0.717, 1.165) is 11.6 Å². The van der Waals surface area contributed by atoms with Crippen molar-refractivity contribution in [1.29, 1.82) is 0 Å². The molecule has 9 heteroatoms. The summed E-state index contributed by atoms with van der Waals surface area (Å²) >= 11 is 0. The number of alkyl halides is 3. The van der Waals surface area contributed by atoms with Crippen LogP contribution in [-0.2, 0) is 25.6 Å². The molecule has 0 heterocycles. The maximum atomic E-state index is 13.2. The lowest BCUT2D eigenvalue weighted by Crippen LogP contribution is -2.43. The highest BCUT2D eigenvalue weighted by molar-refractivity contribution is 5.94. The fourth-order valence-electron chi connectivity index (χ4n) is 4.25. The van der Waals surface area contributed by atoms with Crippen LogP contribution < -0.4 is 10.6 Å². The van der Waals surface area contributed by atoms with E-state index in [1.54, 1.807) is 36.4 Å². The van der Waals surface area contributed by atoms with Crippen molar-refractivity contribution in [2.75, 3.05) is 13.1 Å². The van der Waals surface area contributed by atoms with Gasteiger partial charge in [0, 0.05) is 29.8 Å². The van der Waals surface area contributed by atoms with Crippen molar-refractivity contribution in [3.8, 4) is 5.75 Å². The van der Waals surface area contributed by atoms with Crippen LogP contribution in [0, 0.1) is 0 Å². The van der Waals surface area contributed by atoms with Crippen LogP contribution >= 0.6 is 0 Å². The lowest BCUT2D eigenvalue weighted by atomic mass is 9.93. The summed E-state index contributed by atoms with van der Waals surface area (Å²) in [6.45, 7) is 3.87. The molecule has 0 aliphatic rings. The van der Waals surface area contributed by atoms with Gasteiger partial charge in [-0.05, 0) is 73.7 Å². The Hall–Kier alpha value is -3.40. The zero-order chi connectivity index (χ0) is 27.9. The molecule has 0 saturated heterocycles. The minimum Gasteiger partial charge on any atom is -0.508 e. The maximum absolute atomic E-state index is 13.2. The summed E-state index contributed by atoms with van der Waals surface area (Å²) in [5.74, 6) is -0.406. The number of aliphatic hydroxyl groups is 2. The molecular formula is C29H33F3N2O4. The fraction of sp³-hybridized carbons (Fsp3) is 0.345. The van der Waals surface area contributed by atoms with Crippen molar-refractivity contribution in [2.45, 2.75) is 51.1 Å². The third kappa shape index (κ3) is 8.05. The van der Waals surface area contributed by atoms with Crippen LogP contribution in [0.15, 0.2) is 66.7 Å². The van der Waals surface area contributed by atoms with E-state index in [4.69, 9.17) is 0 Å². The molecule has 0 bridgehead atoms. The molecule has 0 aliphatic carbocycles. The number of phenols is 1. The van der Waals surface area contributed by atoms with Crippen LogP contribution in [-0.4, -0.2) is 39.9 Å². The second-order valence-electron chi connectivity index (χ2n) is 9.86. The normalized spacial score (nSPS) is 12.8. The summed E-state index contributed by atoms with van der Waals surface area (Å²) in [4.78, 5) is 12.7. The zero-order valence-corrected chi connectivity index (χ0v) is 21.3. The standard InChI is InChI=1S/C29H33F3N2O4/c1-28(2,34-17-26(37)21-10-11-25(36)23(15-21)18-35)16-19-6-5-8-22(14-19)27(38)33-13-12-20-7-3-4-9-24(20)29(30,31)32/h3-11,14-15,26,34-37H,12-13,16-18H2,1-2H3,(H,33,38)/t26-/m1/s1. The summed E-state index contributed by atoms with van der Waals surface area (Å²) < 4.78 is 39.6. The smallest absolute Gasteiger partial charge is 0.416 e. The Balaban J connectivity index is 1.56. The largest absolute Gasteiger partial charge is 0.508 e. The van der Waals surface area contributed by atoms with Gasteiger partial charge in [0.2, 0.25) is 0 Å². The summed E-state index contributed by atoms with van der Waals surface area (Å²) in [5, 5.41) is 35.6. The number of carbonyl (C=O) groups is 1. The molecule has 6 nitrogen and oxygen atoms in total. The molecule has 5 N–H and O–H groups in total. The van der Waals surface area contributed by atoms with Gasteiger partial charge < -0.3 is 26.0 Å². The average Bonchev–Trinajstić information content (AvgIpc) is 2.87. The number of aromatic hydroxyl groups is 1. The lowest BCUT2D eigenvalue weighted by molar-refractivity contribution is -0.138. The summed E-state index contributed by atoms with van der Waals surface area (Å²) in [6.07, 6.45) is -4.71. The number of aliphatic hydroxyl groups excluding tert-OH is 2. The topological polar surface area (TPSA) is 102 Å². The van der Waals surface area contributed by atoms with Crippen LogP contribution in [0.5, 0.6) is 5.75 Å². The maximum Gasteiger partial charge on any atom is 0.416 e. The van der Waals surface area contributed by atoms with Gasteiger partial charge in [0.05, 0.1) is 18.3 Å². The number of rotatable bonds is 11. The molecular weight excluding hydrogens is 497 g/mol. The SMILES string of the molecule is CC(C)(Cc1cccc(C(=O)NCCc2ccccc2C(F)(F)F)c1)NC[C@@H](O)c1ccc(O)c(CO)c1. The third-order valence-electron chi connectivity index (χ3n) is 6.27. The average molecular weight is 531 g/mol. The summed E-state index contributed by atoms with van der Waals surface area (Å²) in [5.41, 5.74) is 1.16. The molecule has 204 valence electrons. The first-order valence-corrected chi connectivity index (χ1v) is 12.3. The molecule has 1 atom stereocenters. The molecule has 0 unspecified atom stereocenters. The Labute approximate surface area is 220 Å². The van der Waals surface area contributed by atoms with Gasteiger partial charge in [0.15, 0.2) is 0 Å². The van der Waals surface area contributed by atoms with Gasteiger partial charge in [-0.2, -0.15) is 13.2 Å². The van der Waals surface area contributed by atoms with Crippen molar-refractivity contribution in [3.63, 3.8) is 0 Å². The molecule has 0 fully saturated rings. The number of hydrogen-bond donors (Lipinski definition) is 5. The van der Waals surface area contributed by atoms with Crippen molar-refractivity contribution in [2.24, 2.45) is 0 Å². The van der Waals surface area contributed by atoms with Crippen molar-refractivity contribution in [3.05, 3.63) is 100 Å². The fourth-order valence-corrected chi connectivity index (χ4v) is 4.25. The van der Waals surface area contributed by atoms with Gasteiger partial charge in [-0.1, -0.05) is 36.4 Å². The number of amides is 1. The first kappa shape index (κ1) is 29.2. The summed E-state index contributed by atoms with van der Waals surface area (Å²) in [6, 6.07) is 16.9. The van der Waals surface area contributed by atoms with E-state index in [1.807, 2.05) is 19.9 Å². The first-order chi connectivity index (χ1) is 17.9. The van der Waals surface area contributed by atoms with Crippen LogP contribution in [0.25, 0.3) is 0 Å². The molecule has 0 radical (unpaired) electrons. The van der Waals surface area contributed by atoms with Gasteiger partial charge in [-0.15, -0.1) is 0 Å². The van der Waals surface area contributed by atoms with Crippen molar-refractivity contribution >= 4 is 5.91 Å². The van der Waals surface area contributed by atoms with Crippen LogP contribution in [0.2, 0.25) is 0 Å². The third-order valence-corrected chi connectivity index (χ3v) is 6.27. The number of halogens is 3. The molecule has 1 amide bonds. The zero-order valence-electron chi connectivity index (χ0n) is 21.3. The Morgan fingerprint density at radius 2 is 1.71 bits per heavy atom. The van der Waals surface area contributed by atoms with Crippen LogP contribution in [0.1, 0.15) is 58.1 Å². The molecule has 0 aliphatic heterocycles. The minimum atomic E-state index is -4.45. The van der Waals surface area contributed by atoms with Gasteiger partial charge in [0.25, 0.3) is 5.91 Å². The highest BCUT2D eigenvalue weighted by atomic mass is 19.4. The Bertz CT molecular complexity index is 1240.